The summed E-state index contributed by atoms with van der Waals surface area (Å²) in [5.41, 5.74) is 0.314. The SMILES string of the molecule is C[C@H]1C[C@H]2CC(=O)[C@H]3CCCN4CCC[C@H]2C34C1. The second-order valence-electron chi connectivity index (χ2n) is 7.40. The monoisotopic (exact) mass is 247 g/mol. The van der Waals surface area contributed by atoms with Crippen molar-refractivity contribution in [3.05, 3.63) is 0 Å². The first-order valence-electron chi connectivity index (χ1n) is 7.99. The average Bonchev–Trinajstić information content (AvgIpc) is 2.33. The minimum atomic E-state index is 0.314. The number of ketones is 1. The zero-order valence-electron chi connectivity index (χ0n) is 11.5. The fourth-order valence-electron chi connectivity index (χ4n) is 6.18. The van der Waals surface area contributed by atoms with Crippen molar-refractivity contribution in [1.82, 2.24) is 4.90 Å². The lowest BCUT2D eigenvalue weighted by molar-refractivity contribution is -0.172. The van der Waals surface area contributed by atoms with Crippen LogP contribution in [0.4, 0.5) is 0 Å². The predicted molar refractivity (Wildman–Crippen MR) is 71.3 cm³/mol. The number of piperidine rings is 2. The molecule has 5 atom stereocenters. The number of rotatable bonds is 0. The van der Waals surface area contributed by atoms with Gasteiger partial charge in [-0.3, -0.25) is 9.69 Å². The van der Waals surface area contributed by atoms with Crippen molar-refractivity contribution in [3.8, 4) is 0 Å². The average molecular weight is 247 g/mol. The maximum Gasteiger partial charge on any atom is 0.138 e. The maximum atomic E-state index is 12.5. The van der Waals surface area contributed by atoms with Gasteiger partial charge in [0.15, 0.2) is 0 Å². The minimum absolute atomic E-state index is 0.314. The van der Waals surface area contributed by atoms with Gasteiger partial charge in [-0.1, -0.05) is 6.92 Å². The summed E-state index contributed by atoms with van der Waals surface area (Å²) in [6.45, 7) is 4.95. The molecule has 2 aliphatic heterocycles. The molecular weight excluding hydrogens is 222 g/mol. The van der Waals surface area contributed by atoms with Gasteiger partial charge in [0.1, 0.15) is 5.78 Å². The van der Waals surface area contributed by atoms with Crippen LogP contribution >= 0.6 is 0 Å². The molecule has 2 bridgehead atoms. The van der Waals surface area contributed by atoms with E-state index in [4.69, 9.17) is 0 Å². The Morgan fingerprint density at radius 3 is 2.83 bits per heavy atom. The third-order valence-electron chi connectivity index (χ3n) is 6.50. The number of hydrogen-bond acceptors (Lipinski definition) is 2. The second kappa shape index (κ2) is 3.82. The summed E-state index contributed by atoms with van der Waals surface area (Å²) >= 11 is 0. The lowest BCUT2D eigenvalue weighted by Crippen LogP contribution is -2.71. The Morgan fingerprint density at radius 2 is 2.00 bits per heavy atom. The Hall–Kier alpha value is -0.370. The highest BCUT2D eigenvalue weighted by Crippen LogP contribution is 2.59. The third kappa shape index (κ3) is 1.31. The highest BCUT2D eigenvalue weighted by molar-refractivity contribution is 5.84. The lowest BCUT2D eigenvalue weighted by atomic mass is 9.48. The van der Waals surface area contributed by atoms with Crippen LogP contribution in [0.3, 0.4) is 0 Å². The van der Waals surface area contributed by atoms with Crippen LogP contribution in [0.15, 0.2) is 0 Å². The topological polar surface area (TPSA) is 20.3 Å². The van der Waals surface area contributed by atoms with E-state index >= 15 is 0 Å². The van der Waals surface area contributed by atoms with Gasteiger partial charge >= 0.3 is 0 Å². The first-order valence-corrected chi connectivity index (χ1v) is 7.99. The molecule has 1 spiro atoms. The molecular formula is C16H25NO. The largest absolute Gasteiger partial charge is 0.299 e. The Morgan fingerprint density at radius 1 is 1.22 bits per heavy atom. The molecule has 0 N–H and O–H groups in total. The number of carbonyl (C=O) groups is 1. The summed E-state index contributed by atoms with van der Waals surface area (Å²) in [4.78, 5) is 15.3. The molecule has 2 saturated carbocycles. The van der Waals surface area contributed by atoms with Crippen LogP contribution in [0.25, 0.3) is 0 Å². The Bertz CT molecular complexity index is 377. The van der Waals surface area contributed by atoms with E-state index in [1.54, 1.807) is 0 Å². The fourth-order valence-corrected chi connectivity index (χ4v) is 6.18. The van der Waals surface area contributed by atoms with Crippen molar-refractivity contribution in [2.75, 3.05) is 13.1 Å². The number of nitrogens with zero attached hydrogens (tertiary/aromatic N) is 1. The van der Waals surface area contributed by atoms with Gasteiger partial charge in [0.25, 0.3) is 0 Å². The van der Waals surface area contributed by atoms with Crippen molar-refractivity contribution in [3.63, 3.8) is 0 Å². The fraction of sp³-hybridized carbons (Fsp3) is 0.938. The first-order chi connectivity index (χ1) is 8.72. The van der Waals surface area contributed by atoms with Crippen molar-refractivity contribution in [2.45, 2.75) is 57.4 Å². The standard InChI is InChI=1S/C16H25NO/c1-11-8-12-9-15(18)14-5-3-7-17-6-2-4-13(12)16(14,17)10-11/h11-14H,2-10H2,1H3/t11-,12-,13+,14+,16?/m0/s1. The molecule has 2 saturated heterocycles. The number of hydrogen-bond donors (Lipinski definition) is 0. The van der Waals surface area contributed by atoms with Crippen molar-refractivity contribution >= 4 is 5.78 Å². The number of carbonyl (C=O) groups excluding carboxylic acids is 1. The molecule has 0 amide bonds. The van der Waals surface area contributed by atoms with Gasteiger partial charge in [-0.15, -0.1) is 0 Å². The molecule has 0 aromatic heterocycles. The lowest BCUT2D eigenvalue weighted by Gasteiger charge is -2.65. The molecule has 4 aliphatic rings. The van der Waals surface area contributed by atoms with E-state index in [1.165, 1.54) is 51.6 Å². The summed E-state index contributed by atoms with van der Waals surface area (Å²) in [6.07, 6.45) is 8.75. The van der Waals surface area contributed by atoms with E-state index in [-0.39, 0.29) is 0 Å². The first kappa shape index (κ1) is 11.5. The Kier molecular flexibility index (Phi) is 2.43. The molecule has 18 heavy (non-hydrogen) atoms. The molecule has 1 unspecified atom stereocenters. The van der Waals surface area contributed by atoms with Crippen molar-refractivity contribution < 1.29 is 4.79 Å². The molecule has 0 radical (unpaired) electrons. The molecule has 4 rings (SSSR count). The summed E-state index contributed by atoms with van der Waals surface area (Å²) in [5, 5.41) is 0. The van der Waals surface area contributed by atoms with Gasteiger partial charge in [-0.05, 0) is 69.4 Å². The van der Waals surface area contributed by atoms with Crippen LogP contribution in [-0.2, 0) is 4.79 Å². The van der Waals surface area contributed by atoms with Gasteiger partial charge in [-0.25, -0.2) is 0 Å². The van der Waals surface area contributed by atoms with E-state index in [2.05, 4.69) is 11.8 Å². The normalized spacial score (nSPS) is 51.9. The maximum absolute atomic E-state index is 12.5. The molecule has 2 heteroatoms. The Balaban J connectivity index is 1.82. The minimum Gasteiger partial charge on any atom is -0.299 e. The van der Waals surface area contributed by atoms with Gasteiger partial charge in [-0.2, -0.15) is 0 Å². The third-order valence-corrected chi connectivity index (χ3v) is 6.50. The van der Waals surface area contributed by atoms with Gasteiger partial charge in [0.2, 0.25) is 0 Å². The van der Waals surface area contributed by atoms with E-state index in [9.17, 15) is 4.79 Å². The summed E-state index contributed by atoms with van der Waals surface area (Å²) in [6, 6.07) is 0. The molecule has 2 nitrogen and oxygen atoms in total. The molecule has 4 fully saturated rings. The van der Waals surface area contributed by atoms with E-state index in [1.807, 2.05) is 0 Å². The zero-order chi connectivity index (χ0) is 12.3. The molecule has 0 aromatic carbocycles. The van der Waals surface area contributed by atoms with Crippen LogP contribution in [0, 0.1) is 23.7 Å². The number of Topliss-reactive ketones (excluding diaryl/α,β-unsaturated/α-hetero) is 1. The summed E-state index contributed by atoms with van der Waals surface area (Å²) in [5.74, 6) is 3.43. The predicted octanol–water partition coefficient (Wildman–Crippen LogP) is 2.87. The highest BCUT2D eigenvalue weighted by Gasteiger charge is 2.62. The second-order valence-corrected chi connectivity index (χ2v) is 7.40. The van der Waals surface area contributed by atoms with E-state index < -0.39 is 0 Å². The molecule has 2 heterocycles. The van der Waals surface area contributed by atoms with E-state index in [0.29, 0.717) is 17.2 Å². The quantitative estimate of drug-likeness (QED) is 0.656. The van der Waals surface area contributed by atoms with Crippen LogP contribution in [0.1, 0.15) is 51.9 Å². The van der Waals surface area contributed by atoms with Gasteiger partial charge in [0, 0.05) is 17.9 Å². The highest BCUT2D eigenvalue weighted by atomic mass is 16.1. The van der Waals surface area contributed by atoms with E-state index in [0.717, 1.165) is 24.2 Å². The van der Waals surface area contributed by atoms with Crippen molar-refractivity contribution in [2.24, 2.45) is 23.7 Å². The summed E-state index contributed by atoms with van der Waals surface area (Å²) in [7, 11) is 0. The van der Waals surface area contributed by atoms with Crippen LogP contribution in [0.5, 0.6) is 0 Å². The molecule has 0 aromatic rings. The van der Waals surface area contributed by atoms with Gasteiger partial charge < -0.3 is 0 Å². The van der Waals surface area contributed by atoms with Crippen LogP contribution in [0.2, 0.25) is 0 Å². The van der Waals surface area contributed by atoms with Crippen LogP contribution in [-0.4, -0.2) is 29.3 Å². The van der Waals surface area contributed by atoms with Gasteiger partial charge in [0.05, 0.1) is 0 Å². The Labute approximate surface area is 110 Å². The zero-order valence-corrected chi connectivity index (χ0v) is 11.5. The smallest absolute Gasteiger partial charge is 0.138 e. The molecule has 2 aliphatic carbocycles. The summed E-state index contributed by atoms with van der Waals surface area (Å²) < 4.78 is 0. The van der Waals surface area contributed by atoms with Crippen LogP contribution < -0.4 is 0 Å². The molecule has 100 valence electrons. The van der Waals surface area contributed by atoms with Crippen molar-refractivity contribution in [1.29, 1.82) is 0 Å².